The summed E-state index contributed by atoms with van der Waals surface area (Å²) < 4.78 is 5.28. The minimum absolute atomic E-state index is 0.0327. The van der Waals surface area contributed by atoms with Gasteiger partial charge in [0.15, 0.2) is 0 Å². The smallest absolute Gasteiger partial charge is 0.253 e. The first-order valence-electron chi connectivity index (χ1n) is 9.60. The molecule has 2 fully saturated rings. The van der Waals surface area contributed by atoms with Gasteiger partial charge in [0.2, 0.25) is 11.8 Å². The van der Waals surface area contributed by atoms with Crippen molar-refractivity contribution in [3.05, 3.63) is 54.0 Å². The van der Waals surface area contributed by atoms with Crippen molar-refractivity contribution < 1.29 is 18.8 Å². The van der Waals surface area contributed by atoms with Gasteiger partial charge < -0.3 is 19.5 Å². The Balaban J connectivity index is 1.33. The number of nitrogens with one attached hydrogen (secondary N) is 1. The highest BCUT2D eigenvalue weighted by Crippen LogP contribution is 2.22. The lowest BCUT2D eigenvalue weighted by Crippen LogP contribution is -2.28. The van der Waals surface area contributed by atoms with Crippen molar-refractivity contribution in [2.24, 2.45) is 5.92 Å². The van der Waals surface area contributed by atoms with Crippen molar-refractivity contribution in [1.82, 2.24) is 9.80 Å². The van der Waals surface area contributed by atoms with Gasteiger partial charge >= 0.3 is 0 Å². The second-order valence-corrected chi connectivity index (χ2v) is 7.32. The maximum absolute atomic E-state index is 12.5. The number of anilines is 1. The van der Waals surface area contributed by atoms with E-state index in [1.165, 1.54) is 0 Å². The number of nitrogens with zero attached hydrogens (tertiary/aromatic N) is 2. The Bertz CT molecular complexity index is 854. The van der Waals surface area contributed by atoms with Gasteiger partial charge in [0.05, 0.1) is 18.7 Å². The minimum atomic E-state index is -0.395. The van der Waals surface area contributed by atoms with Crippen LogP contribution in [-0.4, -0.2) is 47.2 Å². The predicted octanol–water partition coefficient (Wildman–Crippen LogP) is 2.50. The number of furan rings is 1. The van der Waals surface area contributed by atoms with Gasteiger partial charge in [-0.25, -0.2) is 0 Å². The molecule has 146 valence electrons. The van der Waals surface area contributed by atoms with E-state index in [2.05, 4.69) is 5.32 Å². The standard InChI is InChI=1S/C21H23N3O4/c25-19-12-16(13-24(19)14-18-4-3-11-28-18)20(26)22-17-7-5-15(6-8-17)21(27)23-9-1-2-10-23/h3-8,11,16H,1-2,9-10,12-14H2,(H,22,26). The molecule has 2 aliphatic heterocycles. The molecule has 2 aliphatic rings. The molecule has 0 bridgehead atoms. The average Bonchev–Trinajstić information content (AvgIpc) is 3.45. The molecule has 3 heterocycles. The minimum Gasteiger partial charge on any atom is -0.467 e. The van der Waals surface area contributed by atoms with Crippen molar-refractivity contribution in [1.29, 1.82) is 0 Å². The fraction of sp³-hybridized carbons (Fsp3) is 0.381. The predicted molar refractivity (Wildman–Crippen MR) is 102 cm³/mol. The van der Waals surface area contributed by atoms with Gasteiger partial charge in [-0.2, -0.15) is 0 Å². The Hall–Kier alpha value is -3.09. The number of hydrogen-bond acceptors (Lipinski definition) is 4. The van der Waals surface area contributed by atoms with Crippen LogP contribution in [0, 0.1) is 5.92 Å². The number of amides is 3. The normalized spacial score (nSPS) is 19.3. The summed E-state index contributed by atoms with van der Waals surface area (Å²) in [6.07, 6.45) is 3.87. The topological polar surface area (TPSA) is 82.9 Å². The summed E-state index contributed by atoms with van der Waals surface area (Å²) in [5.41, 5.74) is 1.25. The van der Waals surface area contributed by atoms with E-state index in [1.807, 2.05) is 11.0 Å². The van der Waals surface area contributed by atoms with Crippen molar-refractivity contribution >= 4 is 23.4 Å². The molecule has 1 unspecified atom stereocenters. The molecule has 1 aromatic heterocycles. The van der Waals surface area contributed by atoms with E-state index in [4.69, 9.17) is 4.42 Å². The zero-order valence-corrected chi connectivity index (χ0v) is 15.6. The first-order valence-corrected chi connectivity index (χ1v) is 9.60. The SMILES string of the molecule is O=C(Nc1ccc(C(=O)N2CCCC2)cc1)C1CC(=O)N(Cc2ccco2)C1. The number of carbonyl (C=O) groups excluding carboxylic acids is 3. The summed E-state index contributed by atoms with van der Waals surface area (Å²) in [6, 6.07) is 10.5. The third-order valence-corrected chi connectivity index (χ3v) is 5.30. The molecule has 7 nitrogen and oxygen atoms in total. The van der Waals surface area contributed by atoms with Crippen LogP contribution >= 0.6 is 0 Å². The summed E-state index contributed by atoms with van der Waals surface area (Å²) in [6.45, 7) is 2.36. The summed E-state index contributed by atoms with van der Waals surface area (Å²) in [5.74, 6) is 0.100. The largest absolute Gasteiger partial charge is 0.467 e. The molecular formula is C21H23N3O4. The van der Waals surface area contributed by atoms with E-state index >= 15 is 0 Å². The Morgan fingerprint density at radius 3 is 2.54 bits per heavy atom. The first kappa shape index (κ1) is 18.3. The van der Waals surface area contributed by atoms with Crippen LogP contribution < -0.4 is 5.32 Å². The molecule has 2 aromatic rings. The highest BCUT2D eigenvalue weighted by molar-refractivity contribution is 5.98. The highest BCUT2D eigenvalue weighted by atomic mass is 16.3. The lowest BCUT2D eigenvalue weighted by atomic mass is 10.1. The van der Waals surface area contributed by atoms with Crippen LogP contribution in [0.5, 0.6) is 0 Å². The zero-order chi connectivity index (χ0) is 19.5. The maximum Gasteiger partial charge on any atom is 0.253 e. The Labute approximate surface area is 163 Å². The number of benzene rings is 1. The summed E-state index contributed by atoms with van der Waals surface area (Å²) >= 11 is 0. The first-order chi connectivity index (χ1) is 13.6. The van der Waals surface area contributed by atoms with Crippen molar-refractivity contribution in [2.75, 3.05) is 25.0 Å². The molecule has 0 spiro atoms. The van der Waals surface area contributed by atoms with Crippen LogP contribution in [0.1, 0.15) is 35.4 Å². The van der Waals surface area contributed by atoms with Gasteiger partial charge in [-0.05, 0) is 49.2 Å². The number of hydrogen-bond donors (Lipinski definition) is 1. The maximum atomic E-state index is 12.5. The lowest BCUT2D eigenvalue weighted by molar-refractivity contribution is -0.128. The van der Waals surface area contributed by atoms with Crippen LogP contribution in [0.25, 0.3) is 0 Å². The Kier molecular flexibility index (Phi) is 5.14. The van der Waals surface area contributed by atoms with Gasteiger partial charge in [0.25, 0.3) is 5.91 Å². The number of carbonyl (C=O) groups is 3. The lowest BCUT2D eigenvalue weighted by Gasteiger charge is -2.16. The Morgan fingerprint density at radius 1 is 1.11 bits per heavy atom. The van der Waals surface area contributed by atoms with Gasteiger partial charge in [-0.3, -0.25) is 14.4 Å². The monoisotopic (exact) mass is 381 g/mol. The van der Waals surface area contributed by atoms with Gasteiger partial charge in [0, 0.05) is 37.3 Å². The highest BCUT2D eigenvalue weighted by Gasteiger charge is 2.34. The second-order valence-electron chi connectivity index (χ2n) is 7.32. The third kappa shape index (κ3) is 3.93. The Morgan fingerprint density at radius 2 is 1.86 bits per heavy atom. The molecule has 28 heavy (non-hydrogen) atoms. The van der Waals surface area contributed by atoms with Crippen molar-refractivity contribution in [3.63, 3.8) is 0 Å². The molecule has 0 saturated carbocycles. The van der Waals surface area contributed by atoms with Crippen molar-refractivity contribution in [2.45, 2.75) is 25.8 Å². The number of likely N-dealkylation sites (tertiary alicyclic amines) is 2. The summed E-state index contributed by atoms with van der Waals surface area (Å²) in [4.78, 5) is 40.6. The van der Waals surface area contributed by atoms with Gasteiger partial charge in [-0.1, -0.05) is 0 Å². The molecule has 1 N–H and O–H groups in total. The van der Waals surface area contributed by atoms with E-state index in [-0.39, 0.29) is 24.1 Å². The fourth-order valence-corrected chi connectivity index (χ4v) is 3.73. The summed E-state index contributed by atoms with van der Waals surface area (Å²) in [5, 5.41) is 2.85. The quantitative estimate of drug-likeness (QED) is 0.863. The van der Waals surface area contributed by atoms with Crippen LogP contribution in [0.3, 0.4) is 0 Å². The van der Waals surface area contributed by atoms with Crippen LogP contribution in [0.4, 0.5) is 5.69 Å². The molecule has 3 amide bonds. The molecule has 0 radical (unpaired) electrons. The van der Waals surface area contributed by atoms with Crippen LogP contribution in [0.15, 0.2) is 47.1 Å². The van der Waals surface area contributed by atoms with E-state index in [1.54, 1.807) is 41.5 Å². The van der Waals surface area contributed by atoms with Gasteiger partial charge in [0.1, 0.15) is 5.76 Å². The third-order valence-electron chi connectivity index (χ3n) is 5.30. The molecular weight excluding hydrogens is 358 g/mol. The fourth-order valence-electron chi connectivity index (χ4n) is 3.73. The molecule has 4 rings (SSSR count). The van der Waals surface area contributed by atoms with Gasteiger partial charge in [-0.15, -0.1) is 0 Å². The van der Waals surface area contributed by atoms with E-state index in [9.17, 15) is 14.4 Å². The molecule has 1 aromatic carbocycles. The van der Waals surface area contributed by atoms with E-state index < -0.39 is 5.92 Å². The molecule has 2 saturated heterocycles. The molecule has 7 heteroatoms. The molecule has 0 aliphatic carbocycles. The zero-order valence-electron chi connectivity index (χ0n) is 15.6. The van der Waals surface area contributed by atoms with E-state index in [0.717, 1.165) is 25.9 Å². The average molecular weight is 381 g/mol. The second kappa shape index (κ2) is 7.88. The van der Waals surface area contributed by atoms with Crippen molar-refractivity contribution in [3.8, 4) is 0 Å². The molecule has 1 atom stereocenters. The van der Waals surface area contributed by atoms with Crippen LogP contribution in [0.2, 0.25) is 0 Å². The van der Waals surface area contributed by atoms with E-state index in [0.29, 0.717) is 30.1 Å². The number of rotatable bonds is 5. The summed E-state index contributed by atoms with van der Waals surface area (Å²) in [7, 11) is 0. The van der Waals surface area contributed by atoms with Crippen LogP contribution in [-0.2, 0) is 16.1 Å².